The highest BCUT2D eigenvalue weighted by molar-refractivity contribution is 7.92. The molecule has 1 atom stereocenters. The number of carbonyl (C=O) groups excluding carboxylic acids is 1. The van der Waals surface area contributed by atoms with Gasteiger partial charge in [-0.2, -0.15) is 4.31 Å². The number of carbonyl (C=O) groups is 1. The maximum atomic E-state index is 12.5. The highest BCUT2D eigenvalue weighted by atomic mass is 32.2. The Morgan fingerprint density at radius 1 is 1.18 bits per heavy atom. The lowest BCUT2D eigenvalue weighted by Gasteiger charge is -2.21. The number of nitrogens with one attached hydrogen (secondary N) is 1. The van der Waals surface area contributed by atoms with Gasteiger partial charge in [0.1, 0.15) is 6.04 Å². The molecule has 2 fully saturated rings. The first-order valence-electron chi connectivity index (χ1n) is 7.61. The Morgan fingerprint density at radius 2 is 1.91 bits per heavy atom. The van der Waals surface area contributed by atoms with Gasteiger partial charge in [0.2, 0.25) is 15.9 Å². The summed E-state index contributed by atoms with van der Waals surface area (Å²) >= 11 is 0. The first-order valence-corrected chi connectivity index (χ1v) is 9.12. The first kappa shape index (κ1) is 15.2. The van der Waals surface area contributed by atoms with E-state index in [2.05, 4.69) is 5.32 Å². The van der Waals surface area contributed by atoms with E-state index < -0.39 is 16.1 Å². The van der Waals surface area contributed by atoms with Crippen LogP contribution in [0.3, 0.4) is 0 Å². The maximum Gasteiger partial charge on any atom is 0.238 e. The topological polar surface area (TPSA) is 66.5 Å². The largest absolute Gasteiger partial charge is 0.352 e. The van der Waals surface area contributed by atoms with Crippen LogP contribution < -0.4 is 5.32 Å². The summed E-state index contributed by atoms with van der Waals surface area (Å²) < 4.78 is 26.3. The molecule has 1 aromatic carbocycles. The van der Waals surface area contributed by atoms with Gasteiger partial charge in [-0.3, -0.25) is 4.79 Å². The van der Waals surface area contributed by atoms with Gasteiger partial charge >= 0.3 is 0 Å². The molecular weight excluding hydrogens is 300 g/mol. The van der Waals surface area contributed by atoms with E-state index in [1.807, 2.05) is 30.3 Å². The fourth-order valence-electron chi connectivity index (χ4n) is 2.64. The quantitative estimate of drug-likeness (QED) is 0.898. The average Bonchev–Trinajstić information content (AvgIpc) is 3.17. The second-order valence-electron chi connectivity index (χ2n) is 5.81. The van der Waals surface area contributed by atoms with E-state index in [1.54, 1.807) is 6.08 Å². The summed E-state index contributed by atoms with van der Waals surface area (Å²) in [5.41, 5.74) is 0.823. The average molecular weight is 320 g/mol. The molecule has 5 nitrogen and oxygen atoms in total. The van der Waals surface area contributed by atoms with E-state index in [4.69, 9.17) is 0 Å². The van der Waals surface area contributed by atoms with Gasteiger partial charge in [0, 0.05) is 18.0 Å². The number of amides is 1. The lowest BCUT2D eigenvalue weighted by atomic mass is 10.2. The molecule has 1 N–H and O–H groups in total. The summed E-state index contributed by atoms with van der Waals surface area (Å²) in [4.78, 5) is 12.2. The molecule has 6 heteroatoms. The van der Waals surface area contributed by atoms with Crippen molar-refractivity contribution in [3.63, 3.8) is 0 Å². The van der Waals surface area contributed by atoms with E-state index in [1.165, 1.54) is 9.71 Å². The van der Waals surface area contributed by atoms with Crippen molar-refractivity contribution >= 4 is 22.0 Å². The molecule has 3 rings (SSSR count). The van der Waals surface area contributed by atoms with Crippen LogP contribution in [0.15, 0.2) is 35.7 Å². The molecule has 1 aromatic rings. The van der Waals surface area contributed by atoms with Crippen LogP contribution in [0.5, 0.6) is 0 Å². The minimum Gasteiger partial charge on any atom is -0.352 e. The zero-order valence-electron chi connectivity index (χ0n) is 12.3. The molecule has 1 saturated heterocycles. The van der Waals surface area contributed by atoms with Gasteiger partial charge in [0.05, 0.1) is 0 Å². The van der Waals surface area contributed by atoms with Crippen LogP contribution in [0, 0.1) is 0 Å². The third-order valence-corrected chi connectivity index (χ3v) is 5.56. The Bertz CT molecular complexity index is 666. The van der Waals surface area contributed by atoms with E-state index in [0.29, 0.717) is 13.0 Å². The van der Waals surface area contributed by atoms with Crippen molar-refractivity contribution in [3.05, 3.63) is 41.3 Å². The molecule has 22 heavy (non-hydrogen) atoms. The van der Waals surface area contributed by atoms with Crippen molar-refractivity contribution < 1.29 is 13.2 Å². The molecule has 0 aromatic heterocycles. The summed E-state index contributed by atoms with van der Waals surface area (Å²) in [5.74, 6) is -0.156. The lowest BCUT2D eigenvalue weighted by Crippen LogP contribution is -2.45. The summed E-state index contributed by atoms with van der Waals surface area (Å²) in [6, 6.07) is 8.95. The van der Waals surface area contributed by atoms with Gasteiger partial charge in [-0.25, -0.2) is 8.42 Å². The summed E-state index contributed by atoms with van der Waals surface area (Å²) in [6.45, 7) is 0.407. The molecule has 0 radical (unpaired) electrons. The van der Waals surface area contributed by atoms with Crippen LogP contribution >= 0.6 is 0 Å². The normalized spacial score (nSPS) is 23.0. The van der Waals surface area contributed by atoms with Crippen molar-refractivity contribution in [2.24, 2.45) is 0 Å². The lowest BCUT2D eigenvalue weighted by molar-refractivity contribution is -0.124. The first-order chi connectivity index (χ1) is 10.6. The van der Waals surface area contributed by atoms with Crippen molar-refractivity contribution in [2.45, 2.75) is 37.8 Å². The van der Waals surface area contributed by atoms with E-state index in [9.17, 15) is 13.2 Å². The monoisotopic (exact) mass is 320 g/mol. The van der Waals surface area contributed by atoms with Gasteiger partial charge in [-0.15, -0.1) is 0 Å². The van der Waals surface area contributed by atoms with Crippen LogP contribution in [0.4, 0.5) is 0 Å². The zero-order chi connectivity index (χ0) is 15.6. The number of benzene rings is 1. The van der Waals surface area contributed by atoms with Gasteiger partial charge in [0.15, 0.2) is 0 Å². The van der Waals surface area contributed by atoms with Gasteiger partial charge in [0.25, 0.3) is 0 Å². The standard InChI is InChI=1S/C16H20N2O3S/c19-16(17-14-8-9-14)15-7-4-11-18(15)22(20,21)12-10-13-5-2-1-3-6-13/h1-3,5-6,10,12,14-15H,4,7-9,11H2,(H,17,19)/b12-10+. The SMILES string of the molecule is O=C(NC1CC1)C1CCCN1S(=O)(=O)/C=C/c1ccccc1. The van der Waals surface area contributed by atoms with Crippen LogP contribution in [0.25, 0.3) is 6.08 Å². The second kappa shape index (κ2) is 6.22. The second-order valence-corrected chi connectivity index (χ2v) is 7.58. The molecule has 1 amide bonds. The molecular formula is C16H20N2O3S. The van der Waals surface area contributed by atoms with Crippen molar-refractivity contribution in [2.75, 3.05) is 6.54 Å². The number of nitrogens with zero attached hydrogens (tertiary/aromatic N) is 1. The number of sulfonamides is 1. The van der Waals surface area contributed by atoms with Crippen LogP contribution in [0.2, 0.25) is 0 Å². The predicted octanol–water partition coefficient (Wildman–Crippen LogP) is 1.73. The Hall–Kier alpha value is -1.66. The van der Waals surface area contributed by atoms with Crippen LogP contribution in [-0.2, 0) is 14.8 Å². The molecule has 1 aliphatic heterocycles. The fraction of sp³-hybridized carbons (Fsp3) is 0.438. The molecule has 1 aliphatic carbocycles. The highest BCUT2D eigenvalue weighted by Crippen LogP contribution is 2.25. The number of hydrogen-bond acceptors (Lipinski definition) is 3. The summed E-state index contributed by atoms with van der Waals surface area (Å²) in [6.07, 6.45) is 4.89. The third-order valence-electron chi connectivity index (χ3n) is 3.99. The summed E-state index contributed by atoms with van der Waals surface area (Å²) in [5, 5.41) is 4.10. The molecule has 118 valence electrons. The Labute approximate surface area is 131 Å². The molecule has 1 heterocycles. The molecule has 1 unspecified atom stereocenters. The summed E-state index contributed by atoms with van der Waals surface area (Å²) in [7, 11) is -3.58. The Morgan fingerprint density at radius 3 is 2.59 bits per heavy atom. The van der Waals surface area contributed by atoms with Crippen LogP contribution in [-0.4, -0.2) is 37.3 Å². The molecule has 1 saturated carbocycles. The van der Waals surface area contributed by atoms with Gasteiger partial charge in [-0.1, -0.05) is 30.3 Å². The van der Waals surface area contributed by atoms with Crippen LogP contribution in [0.1, 0.15) is 31.2 Å². The molecule has 2 aliphatic rings. The third kappa shape index (κ3) is 3.56. The molecule has 0 spiro atoms. The van der Waals surface area contributed by atoms with Crippen molar-refractivity contribution in [1.82, 2.24) is 9.62 Å². The zero-order valence-corrected chi connectivity index (χ0v) is 13.1. The maximum absolute atomic E-state index is 12.5. The predicted molar refractivity (Wildman–Crippen MR) is 85.3 cm³/mol. The highest BCUT2D eigenvalue weighted by Gasteiger charge is 2.39. The minimum absolute atomic E-state index is 0.156. The smallest absolute Gasteiger partial charge is 0.238 e. The van der Waals surface area contributed by atoms with Crippen molar-refractivity contribution in [1.29, 1.82) is 0 Å². The Kier molecular flexibility index (Phi) is 4.31. The van der Waals surface area contributed by atoms with E-state index in [0.717, 1.165) is 24.8 Å². The van der Waals surface area contributed by atoms with Gasteiger partial charge < -0.3 is 5.32 Å². The van der Waals surface area contributed by atoms with E-state index >= 15 is 0 Å². The molecule has 0 bridgehead atoms. The Balaban J connectivity index is 1.72. The fourth-order valence-corrected chi connectivity index (χ4v) is 4.06. The number of hydrogen-bond donors (Lipinski definition) is 1. The van der Waals surface area contributed by atoms with Gasteiger partial charge in [-0.05, 0) is 37.3 Å². The van der Waals surface area contributed by atoms with Crippen molar-refractivity contribution in [3.8, 4) is 0 Å². The van der Waals surface area contributed by atoms with E-state index in [-0.39, 0.29) is 11.9 Å². The number of rotatable bonds is 5. The minimum atomic E-state index is -3.58.